The number of ether oxygens (including phenoxy) is 1. The van der Waals surface area contributed by atoms with Gasteiger partial charge in [0.1, 0.15) is 0 Å². The molecule has 0 bridgehead atoms. The molecule has 0 unspecified atom stereocenters. The van der Waals surface area contributed by atoms with Gasteiger partial charge < -0.3 is 4.74 Å². The minimum atomic E-state index is 0.404. The third kappa shape index (κ3) is 3.13. The monoisotopic (exact) mass is 307 g/mol. The Hall–Kier alpha value is -0.570. The van der Waals surface area contributed by atoms with Gasteiger partial charge in [-0.25, -0.2) is 0 Å². The number of aryl methyl sites for hydroxylation is 1. The average Bonchev–Trinajstić information content (AvgIpc) is 2.85. The number of likely N-dealkylation sites (tertiary alicyclic amines) is 1. The Balaban J connectivity index is 1.70. The van der Waals surface area contributed by atoms with Gasteiger partial charge in [0, 0.05) is 30.6 Å². The fourth-order valence-corrected chi connectivity index (χ4v) is 4.53. The molecule has 2 aliphatic rings. The summed E-state index contributed by atoms with van der Waals surface area (Å²) in [5.74, 6) is 0. The van der Waals surface area contributed by atoms with E-state index in [1.807, 2.05) is 7.11 Å². The molecule has 3 heteroatoms. The van der Waals surface area contributed by atoms with Gasteiger partial charge in [-0.1, -0.05) is 30.2 Å². The van der Waals surface area contributed by atoms with Crippen LogP contribution in [0.4, 0.5) is 0 Å². The first-order valence-electron chi connectivity index (χ1n) is 8.13. The first-order chi connectivity index (χ1) is 10.1. The summed E-state index contributed by atoms with van der Waals surface area (Å²) in [6, 6.07) is 6.47. The summed E-state index contributed by atoms with van der Waals surface area (Å²) in [6.07, 6.45) is 6.97. The van der Waals surface area contributed by atoms with E-state index in [1.165, 1.54) is 50.8 Å². The largest absolute Gasteiger partial charge is 0.381 e. The quantitative estimate of drug-likeness (QED) is 0.819. The molecule has 1 aromatic rings. The van der Waals surface area contributed by atoms with Crippen molar-refractivity contribution in [2.24, 2.45) is 5.41 Å². The van der Waals surface area contributed by atoms with E-state index in [2.05, 4.69) is 30.0 Å². The third-order valence-corrected chi connectivity index (χ3v) is 5.85. The second-order valence-electron chi connectivity index (χ2n) is 6.88. The molecule has 2 fully saturated rings. The van der Waals surface area contributed by atoms with Crippen LogP contribution in [0.1, 0.15) is 43.2 Å². The maximum Gasteiger partial charge on any atom is 0.0639 e. The van der Waals surface area contributed by atoms with Crippen molar-refractivity contribution >= 4 is 11.6 Å². The number of nitrogens with zero attached hydrogens (tertiary/aromatic N) is 1. The van der Waals surface area contributed by atoms with Gasteiger partial charge in [0.05, 0.1) is 6.10 Å². The maximum atomic E-state index is 6.26. The summed E-state index contributed by atoms with van der Waals surface area (Å²) in [5, 5.41) is 0.884. The molecule has 0 amide bonds. The minimum absolute atomic E-state index is 0.404. The van der Waals surface area contributed by atoms with Crippen LogP contribution in [0.2, 0.25) is 5.02 Å². The van der Waals surface area contributed by atoms with E-state index in [0.29, 0.717) is 11.5 Å². The first kappa shape index (κ1) is 15.3. The molecule has 2 nitrogen and oxygen atoms in total. The molecular formula is C18H26ClNO. The normalized spacial score (nSPS) is 30.1. The van der Waals surface area contributed by atoms with Crippen molar-refractivity contribution < 1.29 is 4.74 Å². The average molecular weight is 308 g/mol. The molecule has 1 heterocycles. The molecule has 1 aromatic carbocycles. The fourth-order valence-electron chi connectivity index (χ4n) is 4.33. The highest BCUT2D eigenvalue weighted by Gasteiger charge is 2.45. The number of benzene rings is 1. The Labute approximate surface area is 133 Å². The number of halogens is 1. The van der Waals surface area contributed by atoms with E-state index in [1.54, 1.807) is 0 Å². The zero-order valence-corrected chi connectivity index (χ0v) is 14.0. The van der Waals surface area contributed by atoms with Crippen LogP contribution in [0, 0.1) is 12.3 Å². The van der Waals surface area contributed by atoms with Gasteiger partial charge in [-0.15, -0.1) is 0 Å². The van der Waals surface area contributed by atoms with E-state index >= 15 is 0 Å². The number of hydrogen-bond donors (Lipinski definition) is 0. The van der Waals surface area contributed by atoms with Gasteiger partial charge in [-0.3, -0.25) is 4.90 Å². The third-order valence-electron chi connectivity index (χ3n) is 5.44. The van der Waals surface area contributed by atoms with Gasteiger partial charge in [-0.2, -0.15) is 0 Å². The fraction of sp³-hybridized carbons (Fsp3) is 0.667. The topological polar surface area (TPSA) is 12.5 Å². The maximum absolute atomic E-state index is 6.26. The van der Waals surface area contributed by atoms with E-state index in [-0.39, 0.29) is 0 Å². The Kier molecular flexibility index (Phi) is 4.58. The lowest BCUT2D eigenvalue weighted by Gasteiger charge is -2.43. The molecule has 3 rings (SSSR count). The first-order valence-corrected chi connectivity index (χ1v) is 8.51. The van der Waals surface area contributed by atoms with E-state index < -0.39 is 0 Å². The highest BCUT2D eigenvalue weighted by atomic mass is 35.5. The van der Waals surface area contributed by atoms with Crippen LogP contribution in [-0.4, -0.2) is 31.2 Å². The number of methoxy groups -OCH3 is 1. The molecule has 1 saturated heterocycles. The summed E-state index contributed by atoms with van der Waals surface area (Å²) >= 11 is 6.26. The molecule has 116 valence electrons. The van der Waals surface area contributed by atoms with Crippen LogP contribution >= 0.6 is 11.6 Å². The van der Waals surface area contributed by atoms with Crippen molar-refractivity contribution in [2.45, 2.75) is 51.7 Å². The Morgan fingerprint density at radius 3 is 2.90 bits per heavy atom. The second-order valence-corrected chi connectivity index (χ2v) is 7.28. The van der Waals surface area contributed by atoms with Crippen LogP contribution in [0.3, 0.4) is 0 Å². The van der Waals surface area contributed by atoms with Crippen molar-refractivity contribution in [3.05, 3.63) is 34.3 Å². The molecule has 1 saturated carbocycles. The van der Waals surface area contributed by atoms with Crippen molar-refractivity contribution in [2.75, 3.05) is 20.2 Å². The number of piperidine rings is 1. The molecule has 0 aromatic heterocycles. The Morgan fingerprint density at radius 2 is 2.14 bits per heavy atom. The summed E-state index contributed by atoms with van der Waals surface area (Å²) in [5.41, 5.74) is 2.89. The van der Waals surface area contributed by atoms with Gasteiger partial charge in [0.2, 0.25) is 0 Å². The van der Waals surface area contributed by atoms with Gasteiger partial charge >= 0.3 is 0 Å². The Morgan fingerprint density at radius 1 is 1.33 bits per heavy atom. The number of rotatable bonds is 3. The minimum Gasteiger partial charge on any atom is -0.381 e. The molecule has 0 N–H and O–H groups in total. The summed E-state index contributed by atoms with van der Waals surface area (Å²) < 4.78 is 5.79. The predicted octanol–water partition coefficient (Wildman–Crippen LogP) is 4.43. The molecule has 0 radical (unpaired) electrons. The zero-order chi connectivity index (χ0) is 14.9. The number of hydrogen-bond acceptors (Lipinski definition) is 2. The predicted molar refractivity (Wildman–Crippen MR) is 87.8 cm³/mol. The van der Waals surface area contributed by atoms with E-state index in [4.69, 9.17) is 16.3 Å². The van der Waals surface area contributed by atoms with E-state index in [0.717, 1.165) is 17.1 Å². The Bertz CT molecular complexity index is 504. The van der Waals surface area contributed by atoms with Crippen LogP contribution in [0.25, 0.3) is 0 Å². The van der Waals surface area contributed by atoms with Crippen molar-refractivity contribution in [1.82, 2.24) is 4.90 Å². The lowest BCUT2D eigenvalue weighted by molar-refractivity contribution is -0.0366. The molecule has 21 heavy (non-hydrogen) atoms. The van der Waals surface area contributed by atoms with Crippen LogP contribution < -0.4 is 0 Å². The van der Waals surface area contributed by atoms with Gasteiger partial charge in [0.15, 0.2) is 0 Å². The highest BCUT2D eigenvalue weighted by molar-refractivity contribution is 6.31. The highest BCUT2D eigenvalue weighted by Crippen LogP contribution is 2.46. The second kappa shape index (κ2) is 6.28. The van der Waals surface area contributed by atoms with Crippen molar-refractivity contribution in [3.63, 3.8) is 0 Å². The lowest BCUT2D eigenvalue weighted by atomic mass is 9.76. The smallest absolute Gasteiger partial charge is 0.0639 e. The van der Waals surface area contributed by atoms with Crippen molar-refractivity contribution in [1.29, 1.82) is 0 Å². The van der Waals surface area contributed by atoms with Crippen LogP contribution in [-0.2, 0) is 11.3 Å². The van der Waals surface area contributed by atoms with Crippen LogP contribution in [0.15, 0.2) is 18.2 Å². The van der Waals surface area contributed by atoms with Crippen LogP contribution in [0.5, 0.6) is 0 Å². The molecule has 1 aliphatic heterocycles. The summed E-state index contributed by atoms with van der Waals surface area (Å²) in [4.78, 5) is 2.60. The molecule has 1 spiro atoms. The zero-order valence-electron chi connectivity index (χ0n) is 13.2. The standard InChI is InChI=1S/C18H26ClNO/c1-14-6-7-15(11-16(14)19)12-20-10-4-9-18(13-20)8-3-5-17(18)21-2/h6-7,11,17H,3-5,8-10,12-13H2,1-2H3/t17-,18+/m1/s1. The van der Waals surface area contributed by atoms with Gasteiger partial charge in [0.25, 0.3) is 0 Å². The van der Waals surface area contributed by atoms with E-state index in [9.17, 15) is 0 Å². The summed E-state index contributed by atoms with van der Waals surface area (Å²) in [6.45, 7) is 5.45. The SMILES string of the molecule is CO[C@@H]1CCC[C@@]12CCCN(Cc1ccc(C)c(Cl)c1)C2. The molecular weight excluding hydrogens is 282 g/mol. The lowest BCUT2D eigenvalue weighted by Crippen LogP contribution is -2.47. The molecule has 1 aliphatic carbocycles. The van der Waals surface area contributed by atoms with Gasteiger partial charge in [-0.05, 0) is 56.3 Å². The van der Waals surface area contributed by atoms with Crippen molar-refractivity contribution in [3.8, 4) is 0 Å². The summed E-state index contributed by atoms with van der Waals surface area (Å²) in [7, 11) is 1.89. The molecule has 2 atom stereocenters.